The average molecular weight is 698 g/mol. The van der Waals surface area contributed by atoms with Crippen LogP contribution in [0, 0.1) is 17.6 Å². The Morgan fingerprint density at radius 3 is 2.18 bits per heavy atom. The van der Waals surface area contributed by atoms with Gasteiger partial charge < -0.3 is 16.0 Å². The lowest BCUT2D eigenvalue weighted by molar-refractivity contribution is -0.117. The van der Waals surface area contributed by atoms with Gasteiger partial charge in [-0.25, -0.2) is 8.78 Å². The second kappa shape index (κ2) is 12.9. The van der Waals surface area contributed by atoms with Crippen LogP contribution in [0.4, 0.5) is 25.8 Å². The molecule has 3 N–H and O–H groups in total. The summed E-state index contributed by atoms with van der Waals surface area (Å²) < 4.78 is 28.3. The average Bonchev–Trinajstić information content (AvgIpc) is 3.57. The third-order valence-corrected chi connectivity index (χ3v) is 8.94. The fraction of sp³-hybridized carbons (Fsp3) is 0.129. The quantitative estimate of drug-likeness (QED) is 0.161. The molecule has 0 bridgehead atoms. The summed E-state index contributed by atoms with van der Waals surface area (Å²) in [5.74, 6) is -5.68. The van der Waals surface area contributed by atoms with Crippen molar-refractivity contribution in [3.8, 4) is 0 Å². The lowest BCUT2D eigenvalue weighted by atomic mass is 10.1. The molecule has 0 spiro atoms. The predicted octanol–water partition coefficient (Wildman–Crippen LogP) is 8.88. The van der Waals surface area contributed by atoms with Crippen LogP contribution in [0.3, 0.4) is 0 Å². The molecule has 0 saturated heterocycles. The van der Waals surface area contributed by atoms with Crippen molar-refractivity contribution >= 4 is 92.8 Å². The topological polar surface area (TPSA) is 87.3 Å². The highest BCUT2D eigenvalue weighted by Gasteiger charge is 2.67. The van der Waals surface area contributed by atoms with E-state index >= 15 is 4.39 Å². The van der Waals surface area contributed by atoms with Crippen LogP contribution in [0.25, 0.3) is 0 Å². The van der Waals surface area contributed by atoms with Crippen molar-refractivity contribution in [1.82, 2.24) is 0 Å². The standard InChI is InChI=1S/C31H20Cl5F2N3O3/c32-19-9-7-17(39-30(44)26-25(31(26,35)36)16-6-8-20(33)21(34)13-16)14-18(19)29(43)40-23-11-10-22(37)28(27(23)38)41-24(42)12-15-4-2-1-3-5-15/h1-11,13-14,25-26H,12H2,(H,39,44)(H,40,43)(H,41,42)/t25-,26+/m0/s1. The Kier molecular flexibility index (Phi) is 9.39. The van der Waals surface area contributed by atoms with Gasteiger partial charge >= 0.3 is 0 Å². The van der Waals surface area contributed by atoms with Gasteiger partial charge in [-0.1, -0.05) is 71.2 Å². The minimum absolute atomic E-state index is 0.0106. The highest BCUT2D eigenvalue weighted by Crippen LogP contribution is 2.65. The predicted molar refractivity (Wildman–Crippen MR) is 170 cm³/mol. The van der Waals surface area contributed by atoms with Crippen LogP contribution in [0.1, 0.15) is 27.4 Å². The summed E-state index contributed by atoms with van der Waals surface area (Å²) in [5.41, 5.74) is 0.199. The van der Waals surface area contributed by atoms with E-state index in [4.69, 9.17) is 58.0 Å². The van der Waals surface area contributed by atoms with E-state index < -0.39 is 56.9 Å². The van der Waals surface area contributed by atoms with Crippen LogP contribution in [-0.4, -0.2) is 22.1 Å². The maximum atomic E-state index is 15.3. The Morgan fingerprint density at radius 1 is 0.773 bits per heavy atom. The number of carbonyl (C=O) groups excluding carboxylic acids is 3. The van der Waals surface area contributed by atoms with Crippen LogP contribution in [-0.2, 0) is 16.0 Å². The summed E-state index contributed by atoms with van der Waals surface area (Å²) in [6, 6.07) is 19.5. The van der Waals surface area contributed by atoms with Gasteiger partial charge in [-0.3, -0.25) is 14.4 Å². The molecule has 0 aliphatic heterocycles. The first-order chi connectivity index (χ1) is 20.9. The van der Waals surface area contributed by atoms with Crippen molar-refractivity contribution in [3.05, 3.63) is 122 Å². The van der Waals surface area contributed by atoms with Gasteiger partial charge in [-0.05, 0) is 53.6 Å². The molecule has 44 heavy (non-hydrogen) atoms. The van der Waals surface area contributed by atoms with Crippen molar-refractivity contribution in [2.24, 2.45) is 5.92 Å². The molecule has 0 radical (unpaired) electrons. The second-order valence-electron chi connectivity index (χ2n) is 9.94. The molecular weight excluding hydrogens is 678 g/mol. The molecule has 1 aliphatic carbocycles. The van der Waals surface area contributed by atoms with Crippen molar-refractivity contribution in [3.63, 3.8) is 0 Å². The number of hydrogen-bond donors (Lipinski definition) is 3. The molecule has 13 heteroatoms. The molecule has 6 nitrogen and oxygen atoms in total. The zero-order chi connectivity index (χ0) is 31.8. The number of amides is 3. The van der Waals surface area contributed by atoms with Gasteiger partial charge in [0, 0.05) is 11.6 Å². The molecule has 226 valence electrons. The van der Waals surface area contributed by atoms with E-state index in [1.54, 1.807) is 48.5 Å². The van der Waals surface area contributed by atoms with E-state index in [2.05, 4.69) is 16.0 Å². The Balaban J connectivity index is 1.29. The number of benzene rings is 4. The molecule has 1 aliphatic rings. The summed E-state index contributed by atoms with van der Waals surface area (Å²) in [6.07, 6.45) is -0.117. The Hall–Kier alpha value is -3.40. The lowest BCUT2D eigenvalue weighted by Gasteiger charge is -2.13. The van der Waals surface area contributed by atoms with Crippen LogP contribution in [0.5, 0.6) is 0 Å². The smallest absolute Gasteiger partial charge is 0.257 e. The third-order valence-electron chi connectivity index (χ3n) is 6.93. The summed E-state index contributed by atoms with van der Waals surface area (Å²) in [7, 11) is 0. The number of hydrogen-bond acceptors (Lipinski definition) is 3. The fourth-order valence-electron chi connectivity index (χ4n) is 4.69. The van der Waals surface area contributed by atoms with Gasteiger partial charge in [0.25, 0.3) is 5.91 Å². The van der Waals surface area contributed by atoms with Crippen molar-refractivity contribution in [2.45, 2.75) is 16.7 Å². The van der Waals surface area contributed by atoms with Crippen LogP contribution >= 0.6 is 58.0 Å². The number of anilines is 3. The summed E-state index contributed by atoms with van der Waals surface area (Å²) >= 11 is 31.2. The van der Waals surface area contributed by atoms with Gasteiger partial charge in [-0.15, -0.1) is 23.2 Å². The number of nitrogens with one attached hydrogen (secondary N) is 3. The molecule has 4 aromatic rings. The number of carbonyl (C=O) groups is 3. The van der Waals surface area contributed by atoms with Gasteiger partial charge in [0.1, 0.15) is 15.8 Å². The van der Waals surface area contributed by atoms with E-state index in [1.807, 2.05) is 0 Å². The minimum atomic E-state index is -1.41. The maximum Gasteiger partial charge on any atom is 0.257 e. The van der Waals surface area contributed by atoms with E-state index in [0.29, 0.717) is 16.1 Å². The van der Waals surface area contributed by atoms with Crippen LogP contribution in [0.2, 0.25) is 15.1 Å². The zero-order valence-corrected chi connectivity index (χ0v) is 26.0. The highest BCUT2D eigenvalue weighted by molar-refractivity contribution is 6.53. The largest absolute Gasteiger partial charge is 0.326 e. The lowest BCUT2D eigenvalue weighted by Crippen LogP contribution is -2.19. The first-order valence-electron chi connectivity index (χ1n) is 12.9. The van der Waals surface area contributed by atoms with Crippen LogP contribution < -0.4 is 16.0 Å². The molecular formula is C31H20Cl5F2N3O3. The number of rotatable bonds is 8. The summed E-state index contributed by atoms with van der Waals surface area (Å²) in [5, 5.41) is 7.82. The highest BCUT2D eigenvalue weighted by atomic mass is 35.5. The van der Waals surface area contributed by atoms with Crippen molar-refractivity contribution in [1.29, 1.82) is 0 Å². The van der Waals surface area contributed by atoms with E-state index in [-0.39, 0.29) is 27.7 Å². The number of alkyl halides is 2. The van der Waals surface area contributed by atoms with Crippen LogP contribution in [0.15, 0.2) is 78.9 Å². The van der Waals surface area contributed by atoms with Gasteiger partial charge in [-0.2, -0.15) is 0 Å². The number of halogens is 7. The molecule has 0 aromatic heterocycles. The monoisotopic (exact) mass is 695 g/mol. The van der Waals surface area contributed by atoms with E-state index in [9.17, 15) is 18.8 Å². The SMILES string of the molecule is O=C(Cc1ccccc1)Nc1c(F)ccc(NC(=O)c2cc(NC(=O)[C@H]3[C@H](c4ccc(Cl)c(Cl)c4)C3(Cl)Cl)ccc2Cl)c1F. The first-order valence-corrected chi connectivity index (χ1v) is 14.8. The normalized spacial score (nSPS) is 16.6. The Labute approximate surface area is 275 Å². The molecule has 0 heterocycles. The first kappa shape index (κ1) is 32.0. The maximum absolute atomic E-state index is 15.3. The van der Waals surface area contributed by atoms with Gasteiger partial charge in [0.2, 0.25) is 11.8 Å². The summed E-state index contributed by atoms with van der Waals surface area (Å²) in [6.45, 7) is 0. The van der Waals surface area contributed by atoms with Gasteiger partial charge in [0.15, 0.2) is 5.82 Å². The fourth-order valence-corrected chi connectivity index (χ4v) is 6.03. The molecule has 2 atom stereocenters. The van der Waals surface area contributed by atoms with Crippen molar-refractivity contribution < 1.29 is 23.2 Å². The van der Waals surface area contributed by atoms with Gasteiger partial charge in [0.05, 0.1) is 38.7 Å². The molecule has 0 unspecified atom stereocenters. The summed E-state index contributed by atoms with van der Waals surface area (Å²) in [4.78, 5) is 38.6. The third kappa shape index (κ3) is 6.80. The molecule has 1 fully saturated rings. The molecule has 1 saturated carbocycles. The van der Waals surface area contributed by atoms with E-state index in [1.165, 1.54) is 18.2 Å². The van der Waals surface area contributed by atoms with E-state index in [0.717, 1.165) is 12.1 Å². The Bertz CT molecular complexity index is 1790. The molecule has 4 aromatic carbocycles. The Morgan fingerprint density at radius 2 is 1.48 bits per heavy atom. The van der Waals surface area contributed by atoms with Crippen molar-refractivity contribution in [2.75, 3.05) is 16.0 Å². The molecule has 5 rings (SSSR count). The molecule has 3 amide bonds. The second-order valence-corrected chi connectivity index (χ2v) is 12.6. The minimum Gasteiger partial charge on any atom is -0.326 e. The zero-order valence-electron chi connectivity index (χ0n) is 22.2.